The molecule has 3 aromatic heterocycles. The molecule has 1 fully saturated rings. The number of aromatic amines is 1. The molecule has 0 saturated carbocycles. The zero-order chi connectivity index (χ0) is 31.1. The van der Waals surface area contributed by atoms with Crippen molar-refractivity contribution in [3.05, 3.63) is 77.2 Å². The van der Waals surface area contributed by atoms with Gasteiger partial charge in [0, 0.05) is 62.0 Å². The molecule has 7 rings (SSSR count). The molecule has 1 atom stereocenters. The Labute approximate surface area is 261 Å². The molecule has 1 unspecified atom stereocenters. The summed E-state index contributed by atoms with van der Waals surface area (Å²) in [5.74, 6) is -0.866. The van der Waals surface area contributed by atoms with E-state index in [9.17, 15) is 9.59 Å². The van der Waals surface area contributed by atoms with Gasteiger partial charge in [-0.2, -0.15) is 9.78 Å². The van der Waals surface area contributed by atoms with Gasteiger partial charge in [0.25, 0.3) is 5.91 Å². The Morgan fingerprint density at radius 3 is 2.73 bits per heavy atom. The Morgan fingerprint density at radius 1 is 1.09 bits per heavy atom. The predicted octanol–water partition coefficient (Wildman–Crippen LogP) is 2.51. The van der Waals surface area contributed by atoms with Crippen LogP contribution in [0.2, 0.25) is 5.02 Å². The van der Waals surface area contributed by atoms with Gasteiger partial charge in [-0.25, -0.2) is 9.37 Å². The average Bonchev–Trinajstić information content (AvgIpc) is 3.83. The third-order valence-corrected chi connectivity index (χ3v) is 8.44. The molecule has 14 nitrogen and oxygen atoms in total. The predicted molar refractivity (Wildman–Crippen MR) is 164 cm³/mol. The van der Waals surface area contributed by atoms with Gasteiger partial charge in [-0.3, -0.25) is 14.7 Å². The summed E-state index contributed by atoms with van der Waals surface area (Å²) < 4.78 is 18.5. The van der Waals surface area contributed by atoms with E-state index in [-0.39, 0.29) is 17.1 Å². The fraction of sp³-hybridized carbons (Fsp3) is 0.276. The van der Waals surface area contributed by atoms with Crippen LogP contribution in [0.15, 0.2) is 55.1 Å². The van der Waals surface area contributed by atoms with Crippen molar-refractivity contribution in [2.45, 2.75) is 12.6 Å². The van der Waals surface area contributed by atoms with Crippen molar-refractivity contribution >= 4 is 52.0 Å². The van der Waals surface area contributed by atoms with Crippen molar-refractivity contribution in [1.82, 2.24) is 49.8 Å². The van der Waals surface area contributed by atoms with Crippen LogP contribution in [-0.2, 0) is 16.1 Å². The Hall–Kier alpha value is -5.15. The summed E-state index contributed by atoms with van der Waals surface area (Å²) in [7, 11) is 2.08. The van der Waals surface area contributed by atoms with E-state index in [1.165, 1.54) is 34.1 Å². The summed E-state index contributed by atoms with van der Waals surface area (Å²) in [6.07, 6.45) is 7.22. The molecule has 0 aliphatic carbocycles. The molecule has 2 aromatic carbocycles. The normalized spacial score (nSPS) is 17.3. The largest absolute Gasteiger partial charge is 0.340 e. The Balaban J connectivity index is 1.22. The molecule has 5 heterocycles. The maximum atomic E-state index is 15.2. The molecule has 1 saturated heterocycles. The van der Waals surface area contributed by atoms with E-state index in [0.717, 1.165) is 43.0 Å². The summed E-state index contributed by atoms with van der Waals surface area (Å²) >= 11 is 6.07. The first kappa shape index (κ1) is 28.6. The van der Waals surface area contributed by atoms with E-state index < -0.39 is 23.7 Å². The van der Waals surface area contributed by atoms with Gasteiger partial charge in [0.05, 0.1) is 34.3 Å². The highest BCUT2D eigenvalue weighted by Crippen LogP contribution is 2.32. The van der Waals surface area contributed by atoms with E-state index in [2.05, 4.69) is 47.9 Å². The number of likely N-dealkylation sites (N-methyl/N-ethyl adjacent to an activating group) is 1. The number of imidazole rings is 1. The smallest absolute Gasteiger partial charge is 0.253 e. The second-order valence-electron chi connectivity index (χ2n) is 10.9. The molecule has 0 bridgehead atoms. The molecule has 230 valence electrons. The number of benzene rings is 2. The molecule has 16 heteroatoms. The first-order valence-corrected chi connectivity index (χ1v) is 14.7. The molecule has 5 aromatic rings. The number of hydrogen-bond donors (Lipinski definition) is 2. The van der Waals surface area contributed by atoms with Crippen LogP contribution >= 0.6 is 11.6 Å². The zero-order valence-corrected chi connectivity index (χ0v) is 24.9. The number of carbonyl (C=O) groups is 2. The third kappa shape index (κ3) is 5.40. The summed E-state index contributed by atoms with van der Waals surface area (Å²) in [5, 5.41) is 21.7. The van der Waals surface area contributed by atoms with Crippen LogP contribution in [0.1, 0.15) is 17.3 Å². The Morgan fingerprint density at radius 2 is 1.93 bits per heavy atom. The molecular weight excluding hydrogens is 603 g/mol. The van der Waals surface area contributed by atoms with E-state index >= 15 is 4.39 Å². The SMILES string of the molecule is CN1CCN(c2ncc3n2CCN(C(=O)/C=C/c2c(-n4cnnn4)ccc(Cl)c2F)C3C(=O)Nc2ccc3cn[nH]c3c2)CC1. The topological polar surface area (TPSA) is 146 Å². The lowest BCUT2D eigenvalue weighted by Gasteiger charge is -2.38. The lowest BCUT2D eigenvalue weighted by Crippen LogP contribution is -2.48. The number of aromatic nitrogens is 8. The number of halogens is 2. The molecule has 2 amide bonds. The molecular formula is C29H28ClFN12O2. The third-order valence-electron chi connectivity index (χ3n) is 8.15. The molecule has 2 aliphatic heterocycles. The zero-order valence-electron chi connectivity index (χ0n) is 24.1. The number of hydrogen-bond acceptors (Lipinski definition) is 9. The fourth-order valence-electron chi connectivity index (χ4n) is 5.76. The van der Waals surface area contributed by atoms with E-state index in [1.54, 1.807) is 30.6 Å². The van der Waals surface area contributed by atoms with E-state index in [0.29, 0.717) is 23.6 Å². The highest BCUT2D eigenvalue weighted by Gasteiger charge is 2.38. The number of anilines is 2. The summed E-state index contributed by atoms with van der Waals surface area (Å²) in [5.41, 5.74) is 2.21. The fourth-order valence-corrected chi connectivity index (χ4v) is 5.92. The molecule has 0 radical (unpaired) electrons. The van der Waals surface area contributed by atoms with Crippen molar-refractivity contribution in [2.24, 2.45) is 0 Å². The number of nitrogens with one attached hydrogen (secondary N) is 2. The maximum absolute atomic E-state index is 15.2. The first-order valence-electron chi connectivity index (χ1n) is 14.3. The standard InChI is InChI=1S/C29H28ClFN12O2/c1-39-8-10-40(11-9-39)29-32-16-24-27(28(45)35-19-3-2-18-15-33-36-22(18)14-19)42(13-12-41(24)29)25(44)7-4-20-23(43-17-34-37-38-43)6-5-21(30)26(20)31/h2-7,14-17,27H,8-13H2,1H3,(H,33,36)(H,35,45)/b7-4+. The van der Waals surface area contributed by atoms with Crippen LogP contribution in [0.4, 0.5) is 16.0 Å². The van der Waals surface area contributed by atoms with E-state index in [1.807, 2.05) is 10.6 Å². The number of tetrazole rings is 1. The number of amides is 2. The average molecular weight is 631 g/mol. The van der Waals surface area contributed by atoms with Crippen LogP contribution in [0.5, 0.6) is 0 Å². The number of rotatable bonds is 6. The number of fused-ring (bicyclic) bond motifs is 2. The van der Waals surface area contributed by atoms with Gasteiger partial charge >= 0.3 is 0 Å². The minimum atomic E-state index is -1.01. The number of piperazine rings is 1. The molecule has 2 N–H and O–H groups in total. The monoisotopic (exact) mass is 630 g/mol. The summed E-state index contributed by atoms with van der Waals surface area (Å²) in [4.78, 5) is 38.5. The van der Waals surface area contributed by atoms with E-state index in [4.69, 9.17) is 16.6 Å². The van der Waals surface area contributed by atoms with Crippen LogP contribution in [-0.4, -0.2) is 101 Å². The Kier molecular flexibility index (Phi) is 7.47. The summed E-state index contributed by atoms with van der Waals surface area (Å²) in [6, 6.07) is 7.34. The molecule has 0 spiro atoms. The maximum Gasteiger partial charge on any atom is 0.253 e. The molecule has 2 aliphatic rings. The van der Waals surface area contributed by atoms with Gasteiger partial charge in [-0.1, -0.05) is 11.6 Å². The Bertz CT molecular complexity index is 1910. The van der Waals surface area contributed by atoms with Gasteiger partial charge in [-0.05, 0) is 53.9 Å². The minimum Gasteiger partial charge on any atom is -0.340 e. The first-order chi connectivity index (χ1) is 21.9. The van der Waals surface area contributed by atoms with Crippen LogP contribution in [0.3, 0.4) is 0 Å². The van der Waals surface area contributed by atoms with Crippen molar-refractivity contribution in [3.63, 3.8) is 0 Å². The van der Waals surface area contributed by atoms with Crippen LogP contribution in [0, 0.1) is 5.82 Å². The van der Waals surface area contributed by atoms with Crippen LogP contribution < -0.4 is 10.2 Å². The highest BCUT2D eigenvalue weighted by molar-refractivity contribution is 6.31. The lowest BCUT2D eigenvalue weighted by molar-refractivity contribution is -0.136. The van der Waals surface area contributed by atoms with Gasteiger partial charge in [0.15, 0.2) is 11.9 Å². The van der Waals surface area contributed by atoms with Crippen molar-refractivity contribution in [3.8, 4) is 5.69 Å². The van der Waals surface area contributed by atoms with Crippen LogP contribution in [0.25, 0.3) is 22.7 Å². The number of H-pyrrole nitrogens is 1. The van der Waals surface area contributed by atoms with Crippen molar-refractivity contribution < 1.29 is 14.0 Å². The van der Waals surface area contributed by atoms with Gasteiger partial charge in [0.2, 0.25) is 11.9 Å². The van der Waals surface area contributed by atoms with Gasteiger partial charge in [-0.15, -0.1) is 5.10 Å². The van der Waals surface area contributed by atoms with Gasteiger partial charge < -0.3 is 24.6 Å². The second kappa shape index (κ2) is 11.7. The van der Waals surface area contributed by atoms with Crippen molar-refractivity contribution in [2.75, 3.05) is 50.0 Å². The second-order valence-corrected chi connectivity index (χ2v) is 11.3. The highest BCUT2D eigenvalue weighted by atomic mass is 35.5. The lowest BCUT2D eigenvalue weighted by atomic mass is 10.1. The number of nitrogens with zero attached hydrogens (tertiary/aromatic N) is 10. The van der Waals surface area contributed by atoms with Crippen molar-refractivity contribution in [1.29, 1.82) is 0 Å². The number of carbonyl (C=O) groups excluding carboxylic acids is 2. The quantitative estimate of drug-likeness (QED) is 0.270. The summed E-state index contributed by atoms with van der Waals surface area (Å²) in [6.45, 7) is 4.04. The minimum absolute atomic E-state index is 0.0245. The molecule has 45 heavy (non-hydrogen) atoms. The van der Waals surface area contributed by atoms with Gasteiger partial charge in [0.1, 0.15) is 6.33 Å².